The number of sulfonamides is 1. The van der Waals surface area contributed by atoms with E-state index in [4.69, 9.17) is 23.2 Å². The molecule has 3 rings (SSSR count). The molecule has 1 heterocycles. The lowest BCUT2D eigenvalue weighted by Gasteiger charge is -2.53. The van der Waals surface area contributed by atoms with Crippen LogP contribution in [0, 0.1) is 0 Å². The maximum atomic E-state index is 13.1. The van der Waals surface area contributed by atoms with Crippen molar-refractivity contribution in [3.8, 4) is 0 Å². The third kappa shape index (κ3) is 3.73. The monoisotopic (exact) mass is 414 g/mol. The van der Waals surface area contributed by atoms with E-state index in [0.29, 0.717) is 29.7 Å². The highest BCUT2D eigenvalue weighted by Crippen LogP contribution is 2.34. The lowest BCUT2D eigenvalue weighted by Crippen LogP contribution is -2.67. The van der Waals surface area contributed by atoms with E-state index in [1.165, 1.54) is 4.31 Å². The molecule has 3 unspecified atom stereocenters. The second kappa shape index (κ2) is 8.03. The SMILES string of the molecule is CC1(N2C(CCl)CN(S(=O)(=O)c3ccccc3)CC2CCl)C=CC=CC1. The minimum absolute atomic E-state index is 0.103. The lowest BCUT2D eigenvalue weighted by molar-refractivity contribution is 0.0106. The van der Waals surface area contributed by atoms with Gasteiger partial charge in [0.1, 0.15) is 0 Å². The lowest BCUT2D eigenvalue weighted by atomic mass is 9.87. The van der Waals surface area contributed by atoms with Crippen LogP contribution in [0.2, 0.25) is 0 Å². The van der Waals surface area contributed by atoms with Crippen LogP contribution in [0.3, 0.4) is 0 Å². The van der Waals surface area contributed by atoms with E-state index >= 15 is 0 Å². The molecule has 7 heteroatoms. The minimum Gasteiger partial charge on any atom is -0.283 e. The second-order valence-corrected chi connectivity index (χ2v) is 9.56. The van der Waals surface area contributed by atoms with Crippen molar-refractivity contribution >= 4 is 33.2 Å². The first-order valence-electron chi connectivity index (χ1n) is 8.72. The molecule has 1 aliphatic carbocycles. The van der Waals surface area contributed by atoms with Crippen LogP contribution in [0.15, 0.2) is 59.5 Å². The summed E-state index contributed by atoms with van der Waals surface area (Å²) in [4.78, 5) is 2.62. The highest BCUT2D eigenvalue weighted by molar-refractivity contribution is 7.89. The standard InChI is InChI=1S/C19H24Cl2N2O2S/c1-19(10-6-3-7-11-19)23-16(12-20)14-22(15-17(23)13-21)26(24,25)18-8-4-2-5-9-18/h2-10,16-17H,11-15H2,1H3. The summed E-state index contributed by atoms with van der Waals surface area (Å²) in [6.45, 7) is 2.88. The molecular formula is C19H24Cl2N2O2S. The van der Waals surface area contributed by atoms with E-state index < -0.39 is 10.0 Å². The fourth-order valence-corrected chi connectivity index (χ4v) is 5.97. The van der Waals surface area contributed by atoms with Gasteiger partial charge in [-0.25, -0.2) is 8.42 Å². The van der Waals surface area contributed by atoms with Gasteiger partial charge in [0.25, 0.3) is 0 Å². The predicted molar refractivity (Wildman–Crippen MR) is 107 cm³/mol. The molecule has 0 radical (unpaired) electrons. The van der Waals surface area contributed by atoms with Gasteiger partial charge in [0.15, 0.2) is 0 Å². The molecule has 0 amide bonds. The Morgan fingerprint density at radius 3 is 2.19 bits per heavy atom. The van der Waals surface area contributed by atoms with Gasteiger partial charge >= 0.3 is 0 Å². The maximum absolute atomic E-state index is 13.1. The highest BCUT2D eigenvalue weighted by Gasteiger charge is 2.45. The number of rotatable bonds is 5. The molecule has 0 spiro atoms. The van der Waals surface area contributed by atoms with E-state index in [9.17, 15) is 8.42 Å². The second-order valence-electron chi connectivity index (χ2n) is 7.01. The van der Waals surface area contributed by atoms with Gasteiger partial charge in [-0.05, 0) is 25.5 Å². The minimum atomic E-state index is -3.56. The molecule has 3 atom stereocenters. The van der Waals surface area contributed by atoms with Crippen molar-refractivity contribution in [3.63, 3.8) is 0 Å². The van der Waals surface area contributed by atoms with Crippen LogP contribution in [0.4, 0.5) is 0 Å². The van der Waals surface area contributed by atoms with Crippen LogP contribution in [0.1, 0.15) is 13.3 Å². The van der Waals surface area contributed by atoms with E-state index in [0.717, 1.165) is 6.42 Å². The fourth-order valence-electron chi connectivity index (χ4n) is 3.94. The summed E-state index contributed by atoms with van der Waals surface area (Å²) in [6, 6.07) is 8.33. The van der Waals surface area contributed by atoms with Gasteiger partial charge < -0.3 is 0 Å². The molecule has 1 fully saturated rings. The number of halogens is 2. The molecule has 142 valence electrons. The molecule has 1 aliphatic heterocycles. The van der Waals surface area contributed by atoms with E-state index in [1.54, 1.807) is 24.3 Å². The summed E-state index contributed by atoms with van der Waals surface area (Å²) in [6.07, 6.45) is 9.21. The van der Waals surface area contributed by atoms with Crippen molar-refractivity contribution in [1.82, 2.24) is 9.21 Å². The normalized spacial score (nSPS) is 30.6. The molecule has 1 saturated heterocycles. The first-order valence-corrected chi connectivity index (χ1v) is 11.2. The van der Waals surface area contributed by atoms with Crippen molar-refractivity contribution in [1.29, 1.82) is 0 Å². The molecule has 4 nitrogen and oxygen atoms in total. The Morgan fingerprint density at radius 1 is 1.08 bits per heavy atom. The summed E-state index contributed by atoms with van der Waals surface area (Å²) < 4.78 is 27.7. The Balaban J connectivity index is 1.91. The average molecular weight is 415 g/mol. The summed E-state index contributed by atoms with van der Waals surface area (Å²) >= 11 is 12.6. The summed E-state index contributed by atoms with van der Waals surface area (Å²) in [5, 5.41) is 0. The smallest absolute Gasteiger partial charge is 0.243 e. The van der Waals surface area contributed by atoms with Crippen molar-refractivity contribution in [3.05, 3.63) is 54.6 Å². The zero-order valence-corrected chi connectivity index (χ0v) is 17.1. The van der Waals surface area contributed by atoms with Crippen LogP contribution in [-0.2, 0) is 10.0 Å². The number of piperazine rings is 1. The first kappa shape index (κ1) is 19.9. The predicted octanol–water partition coefficient (Wildman–Crippen LogP) is 3.48. The van der Waals surface area contributed by atoms with Gasteiger partial charge in [0.05, 0.1) is 4.90 Å². The summed E-state index contributed by atoms with van der Waals surface area (Å²) in [5.74, 6) is 0.697. The van der Waals surface area contributed by atoms with Crippen LogP contribution in [0.25, 0.3) is 0 Å². The number of nitrogens with zero attached hydrogens (tertiary/aromatic N) is 2. The molecule has 26 heavy (non-hydrogen) atoms. The molecule has 0 N–H and O–H groups in total. The maximum Gasteiger partial charge on any atom is 0.243 e. The Labute approximate surface area is 166 Å². The van der Waals surface area contributed by atoms with Gasteiger partial charge in [-0.3, -0.25) is 4.90 Å². The fraction of sp³-hybridized carbons (Fsp3) is 0.474. The first-order chi connectivity index (χ1) is 12.4. The molecule has 1 aromatic rings. The topological polar surface area (TPSA) is 40.6 Å². The molecule has 0 bridgehead atoms. The quantitative estimate of drug-likeness (QED) is 0.692. The third-order valence-electron chi connectivity index (χ3n) is 5.18. The van der Waals surface area contributed by atoms with Crippen molar-refractivity contribution in [2.24, 2.45) is 0 Å². The van der Waals surface area contributed by atoms with Gasteiger partial charge in [-0.15, -0.1) is 23.2 Å². The Morgan fingerprint density at radius 2 is 1.69 bits per heavy atom. The molecule has 2 aliphatic rings. The Bertz CT molecular complexity index is 768. The number of hydrogen-bond donors (Lipinski definition) is 0. The Kier molecular flexibility index (Phi) is 6.14. The largest absolute Gasteiger partial charge is 0.283 e. The highest BCUT2D eigenvalue weighted by atomic mass is 35.5. The van der Waals surface area contributed by atoms with Crippen LogP contribution in [-0.4, -0.2) is 60.1 Å². The van der Waals surface area contributed by atoms with Crippen LogP contribution < -0.4 is 0 Å². The zero-order chi connectivity index (χ0) is 18.8. The number of alkyl halides is 2. The molecule has 1 aromatic carbocycles. The van der Waals surface area contributed by atoms with Gasteiger partial charge in [-0.1, -0.05) is 42.5 Å². The van der Waals surface area contributed by atoms with Gasteiger partial charge in [0.2, 0.25) is 10.0 Å². The van der Waals surface area contributed by atoms with Gasteiger partial charge in [-0.2, -0.15) is 4.31 Å². The third-order valence-corrected chi connectivity index (χ3v) is 7.73. The molecular weight excluding hydrogens is 391 g/mol. The number of hydrogen-bond acceptors (Lipinski definition) is 3. The van der Waals surface area contributed by atoms with E-state index in [1.807, 2.05) is 18.2 Å². The van der Waals surface area contributed by atoms with E-state index in [2.05, 4.69) is 24.0 Å². The van der Waals surface area contributed by atoms with Gasteiger partial charge in [0, 0.05) is 42.5 Å². The summed E-state index contributed by atoms with van der Waals surface area (Å²) in [7, 11) is -3.56. The van der Waals surface area contributed by atoms with Crippen molar-refractivity contribution in [2.45, 2.75) is 35.9 Å². The summed E-state index contributed by atoms with van der Waals surface area (Å²) in [5.41, 5.74) is -0.212. The van der Waals surface area contributed by atoms with E-state index in [-0.39, 0.29) is 17.6 Å². The molecule has 0 aromatic heterocycles. The number of allylic oxidation sites excluding steroid dienone is 2. The number of benzene rings is 1. The average Bonchev–Trinajstić information content (AvgIpc) is 2.68. The van der Waals surface area contributed by atoms with Crippen LogP contribution >= 0.6 is 23.2 Å². The molecule has 0 saturated carbocycles. The van der Waals surface area contributed by atoms with Crippen molar-refractivity contribution in [2.75, 3.05) is 24.8 Å². The Hall–Kier alpha value is -0.850. The van der Waals surface area contributed by atoms with Crippen LogP contribution in [0.5, 0.6) is 0 Å². The van der Waals surface area contributed by atoms with Crippen molar-refractivity contribution < 1.29 is 8.42 Å². The zero-order valence-electron chi connectivity index (χ0n) is 14.8.